The Morgan fingerprint density at radius 2 is 1.08 bits per heavy atom. The van der Waals surface area contributed by atoms with Gasteiger partial charge in [0.05, 0.1) is 11.1 Å². The van der Waals surface area contributed by atoms with Gasteiger partial charge in [0.2, 0.25) is 0 Å². The van der Waals surface area contributed by atoms with Crippen LogP contribution in [-0.2, 0) is 12.4 Å². The summed E-state index contributed by atoms with van der Waals surface area (Å²) in [6.45, 7) is 0. The molecule has 0 aliphatic carbocycles. The van der Waals surface area contributed by atoms with Crippen LogP contribution in [0, 0.1) is 0 Å². The molecule has 2 aromatic rings. The van der Waals surface area contributed by atoms with Crippen LogP contribution in [-0.4, -0.2) is 25.0 Å². The average Bonchev–Trinajstić information content (AvgIpc) is 2.44. The number of nitrogens with zero attached hydrogens (tertiary/aromatic N) is 4. The quantitative estimate of drug-likeness (QED) is 0.623. The van der Waals surface area contributed by atoms with Crippen LogP contribution in [0.25, 0.3) is 0 Å². The van der Waals surface area contributed by atoms with Crippen LogP contribution in [0.1, 0.15) is 28.6 Å². The predicted molar refractivity (Wildman–Crippen MR) is 68.1 cm³/mol. The van der Waals surface area contributed by atoms with Crippen molar-refractivity contribution in [2.24, 2.45) is 0 Å². The molecule has 0 aliphatic rings. The topological polar surface area (TPSA) is 71.8 Å². The molecule has 0 atom stereocenters. The fourth-order valence-electron chi connectivity index (χ4n) is 1.83. The Morgan fingerprint density at radius 3 is 1.38 bits per heavy atom. The van der Waals surface area contributed by atoms with Crippen LogP contribution in [0.2, 0.25) is 10.3 Å². The lowest BCUT2D eigenvalue weighted by Crippen LogP contribution is -2.20. The van der Waals surface area contributed by atoms with Gasteiger partial charge in [0, 0.05) is 0 Å². The zero-order valence-corrected chi connectivity index (χ0v) is 12.5. The van der Waals surface area contributed by atoms with E-state index in [1.807, 2.05) is 0 Å². The van der Waals surface area contributed by atoms with Crippen molar-refractivity contribution < 1.29 is 31.4 Å². The van der Waals surface area contributed by atoms with Crippen molar-refractivity contribution in [2.75, 3.05) is 0 Å². The molecule has 0 bridgehead atoms. The second-order valence-corrected chi connectivity index (χ2v) is 4.97. The van der Waals surface area contributed by atoms with Crippen LogP contribution in [0.5, 0.6) is 0 Å². The van der Waals surface area contributed by atoms with Crippen molar-refractivity contribution in [3.8, 4) is 0 Å². The summed E-state index contributed by atoms with van der Waals surface area (Å²) in [5.41, 5.74) is -5.78. The van der Waals surface area contributed by atoms with Crippen molar-refractivity contribution in [3.05, 3.63) is 45.5 Å². The van der Waals surface area contributed by atoms with E-state index in [2.05, 4.69) is 19.9 Å². The van der Waals surface area contributed by atoms with Gasteiger partial charge in [0.1, 0.15) is 29.1 Å². The highest BCUT2D eigenvalue weighted by molar-refractivity contribution is 6.31. The largest absolute Gasteiger partial charge is 0.433 e. The molecular formula is C11H4Cl2F6N4O. The molecule has 5 nitrogen and oxygen atoms in total. The standard InChI is InChI=1S/C11H4Cl2F6N4O/c12-8-3(6(10(14,15)16)20-1-22-8)5(24)4-7(11(17,18)19)21-2-23-9(4)13/h1-2,5,24H. The number of hydrogen-bond acceptors (Lipinski definition) is 5. The van der Waals surface area contributed by atoms with Crippen molar-refractivity contribution >= 4 is 23.2 Å². The summed E-state index contributed by atoms with van der Waals surface area (Å²) in [5, 5.41) is 8.33. The van der Waals surface area contributed by atoms with Gasteiger partial charge in [-0.1, -0.05) is 23.2 Å². The summed E-state index contributed by atoms with van der Waals surface area (Å²) >= 11 is 11.0. The Hall–Kier alpha value is -1.72. The number of halogens is 8. The second kappa shape index (κ2) is 6.30. The van der Waals surface area contributed by atoms with Crippen molar-refractivity contribution in [1.82, 2.24) is 19.9 Å². The van der Waals surface area contributed by atoms with E-state index in [0.29, 0.717) is 12.7 Å². The third-order valence-electron chi connectivity index (χ3n) is 2.75. The first-order chi connectivity index (χ1) is 10.9. The molecule has 0 saturated heterocycles. The molecule has 2 aromatic heterocycles. The highest BCUT2D eigenvalue weighted by Crippen LogP contribution is 2.42. The molecule has 0 unspecified atom stereocenters. The van der Waals surface area contributed by atoms with E-state index in [-0.39, 0.29) is 0 Å². The molecule has 0 saturated carbocycles. The molecule has 0 aliphatic heterocycles. The number of rotatable bonds is 2. The smallest absolute Gasteiger partial charge is 0.383 e. The highest BCUT2D eigenvalue weighted by atomic mass is 35.5. The number of aliphatic hydroxyl groups excluding tert-OH is 1. The zero-order valence-electron chi connectivity index (χ0n) is 11.0. The second-order valence-electron chi connectivity index (χ2n) is 4.25. The monoisotopic (exact) mass is 392 g/mol. The number of hydrogen-bond donors (Lipinski definition) is 1. The summed E-state index contributed by atoms with van der Waals surface area (Å²) in [7, 11) is 0. The van der Waals surface area contributed by atoms with E-state index >= 15 is 0 Å². The van der Waals surface area contributed by atoms with Crippen molar-refractivity contribution in [2.45, 2.75) is 18.5 Å². The summed E-state index contributed by atoms with van der Waals surface area (Å²) < 4.78 is 78.0. The third-order valence-corrected chi connectivity index (χ3v) is 3.36. The minimum atomic E-state index is -5.11. The van der Waals surface area contributed by atoms with Gasteiger partial charge in [0.15, 0.2) is 11.4 Å². The van der Waals surface area contributed by atoms with Crippen molar-refractivity contribution in [3.63, 3.8) is 0 Å². The first-order valence-electron chi connectivity index (χ1n) is 5.77. The maximum atomic E-state index is 13.0. The van der Waals surface area contributed by atoms with Crippen LogP contribution in [0.15, 0.2) is 12.7 Å². The van der Waals surface area contributed by atoms with Crippen LogP contribution in [0.3, 0.4) is 0 Å². The minimum Gasteiger partial charge on any atom is -0.383 e. The molecular weight excluding hydrogens is 389 g/mol. The fourth-order valence-corrected chi connectivity index (χ4v) is 2.30. The van der Waals surface area contributed by atoms with Crippen LogP contribution < -0.4 is 0 Å². The van der Waals surface area contributed by atoms with Gasteiger partial charge < -0.3 is 5.11 Å². The van der Waals surface area contributed by atoms with Crippen molar-refractivity contribution in [1.29, 1.82) is 0 Å². The molecule has 130 valence electrons. The molecule has 0 spiro atoms. The SMILES string of the molecule is OC(c1c(Cl)ncnc1C(F)(F)F)c1c(Cl)ncnc1C(F)(F)F. The van der Waals surface area contributed by atoms with Gasteiger partial charge in [0.25, 0.3) is 0 Å². The number of alkyl halides is 6. The van der Waals surface area contributed by atoms with Crippen LogP contribution >= 0.6 is 23.2 Å². The van der Waals surface area contributed by atoms with Gasteiger partial charge in [-0.25, -0.2) is 19.9 Å². The Bertz CT molecular complexity index is 704. The Labute approximate surface area is 139 Å². The lowest BCUT2D eigenvalue weighted by Gasteiger charge is -2.20. The molecule has 0 fully saturated rings. The Balaban J connectivity index is 2.75. The first kappa shape index (κ1) is 18.6. The van der Waals surface area contributed by atoms with Crippen LogP contribution in [0.4, 0.5) is 26.3 Å². The van der Waals surface area contributed by atoms with Gasteiger partial charge in [-0.3, -0.25) is 0 Å². The van der Waals surface area contributed by atoms with E-state index < -0.39 is 51.3 Å². The lowest BCUT2D eigenvalue weighted by molar-refractivity contribution is -0.143. The van der Waals surface area contributed by atoms with E-state index in [0.717, 1.165) is 0 Å². The van der Waals surface area contributed by atoms with E-state index in [9.17, 15) is 31.4 Å². The molecule has 0 radical (unpaired) electrons. The van der Waals surface area contributed by atoms with Gasteiger partial charge >= 0.3 is 12.4 Å². The zero-order chi connectivity index (χ0) is 18.3. The fraction of sp³-hybridized carbons (Fsp3) is 0.273. The number of aromatic nitrogens is 4. The van der Waals surface area contributed by atoms with Gasteiger partial charge in [-0.05, 0) is 0 Å². The summed E-state index contributed by atoms with van der Waals surface area (Å²) in [6.07, 6.45) is -11.9. The minimum absolute atomic E-state index is 0.454. The molecule has 2 heterocycles. The van der Waals surface area contributed by atoms with E-state index in [1.54, 1.807) is 0 Å². The third kappa shape index (κ3) is 3.52. The average molecular weight is 393 g/mol. The maximum Gasteiger partial charge on any atom is 0.433 e. The Kier molecular flexibility index (Phi) is 4.88. The predicted octanol–water partition coefficient (Wildman–Crippen LogP) is 3.69. The summed E-state index contributed by atoms with van der Waals surface area (Å²) in [6, 6.07) is 0. The van der Waals surface area contributed by atoms with E-state index in [1.165, 1.54) is 0 Å². The maximum absolute atomic E-state index is 13.0. The normalized spacial score (nSPS) is 12.8. The molecule has 24 heavy (non-hydrogen) atoms. The molecule has 13 heteroatoms. The molecule has 2 rings (SSSR count). The molecule has 0 aromatic carbocycles. The lowest BCUT2D eigenvalue weighted by atomic mass is 10.0. The first-order valence-corrected chi connectivity index (χ1v) is 6.53. The Morgan fingerprint density at radius 1 is 0.750 bits per heavy atom. The molecule has 1 N–H and O–H groups in total. The van der Waals surface area contributed by atoms with Gasteiger partial charge in [-0.2, -0.15) is 26.3 Å². The molecule has 0 amide bonds. The van der Waals surface area contributed by atoms with E-state index in [4.69, 9.17) is 23.2 Å². The summed E-state index contributed by atoms with van der Waals surface area (Å²) in [5.74, 6) is 0. The summed E-state index contributed by atoms with van der Waals surface area (Å²) in [4.78, 5) is 12.4. The number of aliphatic hydroxyl groups is 1. The highest BCUT2D eigenvalue weighted by Gasteiger charge is 2.43. The van der Waals surface area contributed by atoms with Gasteiger partial charge in [-0.15, -0.1) is 0 Å².